The van der Waals surface area contributed by atoms with E-state index in [2.05, 4.69) is 265 Å². The lowest BCUT2D eigenvalue weighted by Gasteiger charge is -2.33. The van der Waals surface area contributed by atoms with Crippen LogP contribution in [0.5, 0.6) is 0 Å². The summed E-state index contributed by atoms with van der Waals surface area (Å²) in [5.74, 6) is 0. The Morgan fingerprint density at radius 2 is 0.635 bits per heavy atom. The fraction of sp³-hybridized carbons (Fsp3) is 0.0164. The molecule has 0 saturated carbocycles. The van der Waals surface area contributed by atoms with E-state index in [0.29, 0.717) is 0 Å². The minimum atomic E-state index is -0.553. The third-order valence-corrected chi connectivity index (χ3v) is 13.1. The molecule has 63 heavy (non-hydrogen) atoms. The van der Waals surface area contributed by atoms with Crippen LogP contribution in [0.15, 0.2) is 255 Å². The molecular weight excluding hydrogens is 761 g/mol. The van der Waals surface area contributed by atoms with Crippen LogP contribution in [0, 0.1) is 0 Å². The number of anilines is 6. The molecule has 0 radical (unpaired) electrons. The van der Waals surface area contributed by atoms with Gasteiger partial charge in [0.05, 0.1) is 11.1 Å². The molecule has 0 amide bonds. The van der Waals surface area contributed by atoms with Crippen LogP contribution < -0.4 is 9.80 Å². The molecule has 12 rings (SSSR count). The van der Waals surface area contributed by atoms with Gasteiger partial charge in [0.1, 0.15) is 0 Å². The predicted octanol–water partition coefficient (Wildman–Crippen LogP) is 16.3. The lowest BCUT2D eigenvalue weighted by molar-refractivity contribution is 0.793. The van der Waals surface area contributed by atoms with Crippen molar-refractivity contribution in [1.82, 2.24) is 0 Å². The Labute approximate surface area is 369 Å². The number of fused-ring (bicyclic) bond motifs is 10. The van der Waals surface area contributed by atoms with E-state index in [9.17, 15) is 0 Å². The maximum atomic E-state index is 2.47. The van der Waals surface area contributed by atoms with E-state index in [1.54, 1.807) is 0 Å². The summed E-state index contributed by atoms with van der Waals surface area (Å²) in [4.78, 5) is 4.85. The van der Waals surface area contributed by atoms with Crippen molar-refractivity contribution in [3.8, 4) is 44.5 Å². The molecule has 296 valence electrons. The monoisotopic (exact) mass is 802 g/mol. The van der Waals surface area contributed by atoms with Gasteiger partial charge in [-0.15, -0.1) is 0 Å². The van der Waals surface area contributed by atoms with Crippen LogP contribution in [0.4, 0.5) is 34.1 Å². The molecule has 0 aliphatic heterocycles. The highest BCUT2D eigenvalue weighted by Crippen LogP contribution is 2.65. The van der Waals surface area contributed by atoms with Gasteiger partial charge in [-0.25, -0.2) is 0 Å². The topological polar surface area (TPSA) is 6.48 Å². The summed E-state index contributed by atoms with van der Waals surface area (Å²) >= 11 is 0. The van der Waals surface area contributed by atoms with E-state index >= 15 is 0 Å². The van der Waals surface area contributed by atoms with Gasteiger partial charge in [0.2, 0.25) is 0 Å². The van der Waals surface area contributed by atoms with Crippen molar-refractivity contribution in [2.45, 2.75) is 5.41 Å². The highest BCUT2D eigenvalue weighted by atomic mass is 15.1. The molecule has 0 bridgehead atoms. The molecule has 0 fully saturated rings. The molecule has 0 aromatic heterocycles. The van der Waals surface area contributed by atoms with Crippen molar-refractivity contribution in [3.63, 3.8) is 0 Å². The molecule has 2 heteroatoms. The zero-order chi connectivity index (χ0) is 41.7. The first-order valence-corrected chi connectivity index (χ1v) is 21.8. The average Bonchev–Trinajstić information content (AvgIpc) is 3.83. The van der Waals surface area contributed by atoms with Gasteiger partial charge in [-0.1, -0.05) is 188 Å². The SMILES string of the molecule is c1ccc(-c2ccc(N(c3ccc(-c4ccccc4)cc3)c3cccc4c3-c3ccccc3C43c4ccccc4-c4ccc(N(c5ccccc5)c5ccccc5)cc43)cc2)cc1. The second-order valence-electron chi connectivity index (χ2n) is 16.4. The van der Waals surface area contributed by atoms with E-state index in [1.807, 2.05) is 0 Å². The van der Waals surface area contributed by atoms with Crippen molar-refractivity contribution < 1.29 is 0 Å². The maximum Gasteiger partial charge on any atom is 0.0727 e. The molecule has 2 nitrogen and oxygen atoms in total. The van der Waals surface area contributed by atoms with Crippen LogP contribution in [0.25, 0.3) is 44.5 Å². The molecule has 0 saturated heterocycles. The third kappa shape index (κ3) is 5.87. The second-order valence-corrected chi connectivity index (χ2v) is 16.4. The average molecular weight is 803 g/mol. The van der Waals surface area contributed by atoms with Gasteiger partial charge in [0, 0.05) is 34.0 Å². The lowest BCUT2D eigenvalue weighted by atomic mass is 9.70. The minimum absolute atomic E-state index is 0.553. The molecular formula is C61H42N2. The largest absolute Gasteiger partial charge is 0.310 e. The predicted molar refractivity (Wildman–Crippen MR) is 263 cm³/mol. The molecule has 1 atom stereocenters. The Morgan fingerprint density at radius 1 is 0.238 bits per heavy atom. The van der Waals surface area contributed by atoms with Crippen LogP contribution in [-0.2, 0) is 5.41 Å². The smallest absolute Gasteiger partial charge is 0.0727 e. The summed E-state index contributed by atoms with van der Waals surface area (Å²) in [6.45, 7) is 0. The van der Waals surface area contributed by atoms with Crippen LogP contribution >= 0.6 is 0 Å². The van der Waals surface area contributed by atoms with Gasteiger partial charge in [-0.2, -0.15) is 0 Å². The summed E-state index contributed by atoms with van der Waals surface area (Å²) in [6.07, 6.45) is 0. The molecule has 0 heterocycles. The van der Waals surface area contributed by atoms with Gasteiger partial charge in [-0.05, 0) is 128 Å². The number of benzene rings is 10. The summed E-state index contributed by atoms with van der Waals surface area (Å²) in [5.41, 5.74) is 21.2. The van der Waals surface area contributed by atoms with Gasteiger partial charge in [-0.3, -0.25) is 0 Å². The number of hydrogen-bond acceptors (Lipinski definition) is 2. The Balaban J connectivity index is 1.09. The van der Waals surface area contributed by atoms with Crippen molar-refractivity contribution in [3.05, 3.63) is 277 Å². The Hall–Kier alpha value is -8.20. The fourth-order valence-corrected chi connectivity index (χ4v) is 10.4. The van der Waals surface area contributed by atoms with Crippen LogP contribution in [0.1, 0.15) is 22.3 Å². The lowest BCUT2D eigenvalue weighted by Crippen LogP contribution is -2.26. The molecule has 2 aliphatic rings. The van der Waals surface area contributed by atoms with Gasteiger partial charge < -0.3 is 9.80 Å². The zero-order valence-electron chi connectivity index (χ0n) is 34.6. The normalized spacial score (nSPS) is 14.1. The number of para-hydroxylation sites is 2. The van der Waals surface area contributed by atoms with Crippen molar-refractivity contribution in [2.24, 2.45) is 0 Å². The van der Waals surface area contributed by atoms with Crippen molar-refractivity contribution in [1.29, 1.82) is 0 Å². The van der Waals surface area contributed by atoms with E-state index in [0.717, 1.165) is 34.1 Å². The zero-order valence-corrected chi connectivity index (χ0v) is 34.6. The standard InChI is InChI=1S/C61H42N2/c1-5-18-43(19-6-1)45-32-36-49(37-33-45)63(50-38-34-46(35-39-50)44-20-7-2-8-21-44)59-31-17-30-57-60(59)54-27-14-16-29-56(54)61(57)55-28-15-13-26-52(55)53-41-40-51(42-58(53)61)62(47-22-9-3-10-23-47)48-24-11-4-12-25-48/h1-42H. The molecule has 10 aromatic rings. The number of nitrogens with zero attached hydrogens (tertiary/aromatic N) is 2. The van der Waals surface area contributed by atoms with E-state index in [-0.39, 0.29) is 0 Å². The minimum Gasteiger partial charge on any atom is -0.310 e. The molecule has 0 N–H and O–H groups in total. The molecule has 1 unspecified atom stereocenters. The van der Waals surface area contributed by atoms with Gasteiger partial charge in [0.15, 0.2) is 0 Å². The van der Waals surface area contributed by atoms with Gasteiger partial charge in [0.25, 0.3) is 0 Å². The first-order chi connectivity index (χ1) is 31.3. The van der Waals surface area contributed by atoms with Crippen LogP contribution in [0.3, 0.4) is 0 Å². The summed E-state index contributed by atoms with van der Waals surface area (Å²) in [6, 6.07) is 93.2. The van der Waals surface area contributed by atoms with Gasteiger partial charge >= 0.3 is 0 Å². The Morgan fingerprint density at radius 3 is 1.19 bits per heavy atom. The first kappa shape index (κ1) is 36.6. The fourth-order valence-electron chi connectivity index (χ4n) is 10.4. The molecule has 2 aliphatic carbocycles. The van der Waals surface area contributed by atoms with Crippen LogP contribution in [0.2, 0.25) is 0 Å². The first-order valence-electron chi connectivity index (χ1n) is 21.8. The molecule has 10 aromatic carbocycles. The third-order valence-electron chi connectivity index (χ3n) is 13.1. The number of hydrogen-bond donors (Lipinski definition) is 0. The van der Waals surface area contributed by atoms with E-state index in [4.69, 9.17) is 0 Å². The summed E-state index contributed by atoms with van der Waals surface area (Å²) < 4.78 is 0. The van der Waals surface area contributed by atoms with Crippen LogP contribution in [-0.4, -0.2) is 0 Å². The second kappa shape index (κ2) is 15.1. The highest BCUT2D eigenvalue weighted by Gasteiger charge is 2.52. The number of rotatable bonds is 8. The summed E-state index contributed by atoms with van der Waals surface area (Å²) in [5, 5.41) is 0. The van der Waals surface area contributed by atoms with Crippen molar-refractivity contribution >= 4 is 34.1 Å². The highest BCUT2D eigenvalue weighted by molar-refractivity contribution is 6.02. The maximum absolute atomic E-state index is 2.47. The molecule has 1 spiro atoms. The summed E-state index contributed by atoms with van der Waals surface area (Å²) in [7, 11) is 0. The van der Waals surface area contributed by atoms with E-state index in [1.165, 1.54) is 66.8 Å². The van der Waals surface area contributed by atoms with Crippen molar-refractivity contribution in [2.75, 3.05) is 9.80 Å². The Kier molecular flexibility index (Phi) is 8.76. The van der Waals surface area contributed by atoms with E-state index < -0.39 is 5.41 Å². The quantitative estimate of drug-likeness (QED) is 0.151. The Bertz CT molecular complexity index is 3130.